The van der Waals surface area contributed by atoms with Crippen LogP contribution in [-0.2, 0) is 0 Å². The van der Waals surface area contributed by atoms with E-state index in [0.717, 1.165) is 11.7 Å². The molecule has 1 saturated heterocycles. The SMILES string of the molecule is COc1cccc(SCCC2CNC2)c1. The molecule has 1 aliphatic heterocycles. The van der Waals surface area contributed by atoms with Crippen molar-refractivity contribution in [2.45, 2.75) is 11.3 Å². The molecule has 1 aromatic carbocycles. The molecule has 1 aliphatic rings. The van der Waals surface area contributed by atoms with Crippen molar-refractivity contribution in [2.24, 2.45) is 5.92 Å². The maximum Gasteiger partial charge on any atom is 0.119 e. The largest absolute Gasteiger partial charge is 0.497 e. The Morgan fingerprint density at radius 3 is 3.00 bits per heavy atom. The molecule has 3 heteroatoms. The van der Waals surface area contributed by atoms with Crippen LogP contribution in [0.2, 0.25) is 0 Å². The van der Waals surface area contributed by atoms with Crippen LogP contribution in [0.3, 0.4) is 0 Å². The molecule has 0 saturated carbocycles. The standard InChI is InChI=1S/C12H17NOS/c1-14-11-3-2-4-12(7-11)15-6-5-10-8-13-9-10/h2-4,7,10,13H,5-6,8-9H2,1H3. The maximum atomic E-state index is 5.19. The highest BCUT2D eigenvalue weighted by Gasteiger charge is 2.15. The molecule has 0 spiro atoms. The van der Waals surface area contributed by atoms with E-state index in [1.807, 2.05) is 23.9 Å². The summed E-state index contributed by atoms with van der Waals surface area (Å²) in [5, 5.41) is 3.30. The van der Waals surface area contributed by atoms with Crippen LogP contribution >= 0.6 is 11.8 Å². The monoisotopic (exact) mass is 223 g/mol. The third-order valence-corrected chi connectivity index (χ3v) is 3.73. The van der Waals surface area contributed by atoms with Crippen molar-refractivity contribution >= 4 is 11.8 Å². The number of nitrogens with one attached hydrogen (secondary N) is 1. The Hall–Kier alpha value is -0.670. The van der Waals surface area contributed by atoms with Crippen LogP contribution in [0, 0.1) is 5.92 Å². The lowest BCUT2D eigenvalue weighted by Gasteiger charge is -2.26. The molecule has 0 amide bonds. The van der Waals surface area contributed by atoms with E-state index >= 15 is 0 Å². The van der Waals surface area contributed by atoms with Crippen molar-refractivity contribution in [3.05, 3.63) is 24.3 Å². The second kappa shape index (κ2) is 5.42. The lowest BCUT2D eigenvalue weighted by atomic mass is 10.0. The summed E-state index contributed by atoms with van der Waals surface area (Å²) < 4.78 is 5.19. The van der Waals surface area contributed by atoms with E-state index in [0.29, 0.717) is 0 Å². The fourth-order valence-corrected chi connectivity index (χ4v) is 2.65. The average molecular weight is 223 g/mol. The van der Waals surface area contributed by atoms with Gasteiger partial charge in [-0.25, -0.2) is 0 Å². The van der Waals surface area contributed by atoms with E-state index in [1.54, 1.807) is 7.11 Å². The minimum atomic E-state index is 0.906. The zero-order valence-electron chi connectivity index (χ0n) is 9.03. The smallest absolute Gasteiger partial charge is 0.119 e. The van der Waals surface area contributed by atoms with Crippen LogP contribution in [0.25, 0.3) is 0 Å². The summed E-state index contributed by atoms with van der Waals surface area (Å²) in [6.45, 7) is 2.41. The first-order chi connectivity index (χ1) is 7.38. The number of hydrogen-bond acceptors (Lipinski definition) is 3. The summed E-state index contributed by atoms with van der Waals surface area (Å²) in [5.41, 5.74) is 0. The zero-order valence-corrected chi connectivity index (χ0v) is 9.85. The van der Waals surface area contributed by atoms with Gasteiger partial charge in [-0.1, -0.05) is 6.07 Å². The lowest BCUT2D eigenvalue weighted by Crippen LogP contribution is -2.42. The van der Waals surface area contributed by atoms with Crippen LogP contribution in [0.15, 0.2) is 29.2 Å². The van der Waals surface area contributed by atoms with Gasteiger partial charge in [-0.2, -0.15) is 0 Å². The molecule has 0 unspecified atom stereocenters. The van der Waals surface area contributed by atoms with Crippen LogP contribution in [0.1, 0.15) is 6.42 Å². The first kappa shape index (κ1) is 10.8. The highest BCUT2D eigenvalue weighted by Crippen LogP contribution is 2.24. The van der Waals surface area contributed by atoms with Crippen LogP contribution < -0.4 is 10.1 Å². The maximum absolute atomic E-state index is 5.19. The van der Waals surface area contributed by atoms with Gasteiger partial charge in [0.15, 0.2) is 0 Å². The summed E-state index contributed by atoms with van der Waals surface area (Å²) in [4.78, 5) is 1.31. The van der Waals surface area contributed by atoms with E-state index in [4.69, 9.17) is 4.74 Å². The zero-order chi connectivity index (χ0) is 10.5. The summed E-state index contributed by atoms with van der Waals surface area (Å²) >= 11 is 1.92. The summed E-state index contributed by atoms with van der Waals surface area (Å²) in [5.74, 6) is 3.06. The number of benzene rings is 1. The summed E-state index contributed by atoms with van der Waals surface area (Å²) in [7, 11) is 1.71. The van der Waals surface area contributed by atoms with E-state index in [9.17, 15) is 0 Å². The minimum absolute atomic E-state index is 0.906. The fraction of sp³-hybridized carbons (Fsp3) is 0.500. The van der Waals surface area contributed by atoms with Crippen molar-refractivity contribution in [2.75, 3.05) is 26.0 Å². The van der Waals surface area contributed by atoms with Crippen LogP contribution in [0.4, 0.5) is 0 Å². The van der Waals surface area contributed by atoms with Crippen molar-refractivity contribution in [1.29, 1.82) is 0 Å². The molecule has 0 radical (unpaired) electrons. The molecular formula is C12H17NOS. The van der Waals surface area contributed by atoms with E-state index in [-0.39, 0.29) is 0 Å². The summed E-state index contributed by atoms with van der Waals surface area (Å²) in [6.07, 6.45) is 1.31. The molecule has 82 valence electrons. The molecule has 1 heterocycles. The lowest BCUT2D eigenvalue weighted by molar-refractivity contribution is 0.341. The second-order valence-corrected chi connectivity index (χ2v) is 5.01. The Bertz CT molecular complexity index is 312. The van der Waals surface area contributed by atoms with E-state index in [2.05, 4.69) is 17.4 Å². The fourth-order valence-electron chi connectivity index (χ4n) is 1.59. The minimum Gasteiger partial charge on any atom is -0.497 e. The molecule has 0 aromatic heterocycles. The molecule has 1 fully saturated rings. The van der Waals surface area contributed by atoms with Crippen LogP contribution in [0.5, 0.6) is 5.75 Å². The molecule has 0 aliphatic carbocycles. The number of methoxy groups -OCH3 is 1. The van der Waals surface area contributed by atoms with Gasteiger partial charge in [0.05, 0.1) is 7.11 Å². The third-order valence-electron chi connectivity index (χ3n) is 2.70. The Labute approximate surface area is 95.4 Å². The predicted molar refractivity (Wildman–Crippen MR) is 64.7 cm³/mol. The number of thioether (sulfide) groups is 1. The molecule has 1 N–H and O–H groups in total. The summed E-state index contributed by atoms with van der Waals surface area (Å²) in [6, 6.07) is 8.28. The van der Waals surface area contributed by atoms with Gasteiger partial charge in [-0.3, -0.25) is 0 Å². The highest BCUT2D eigenvalue weighted by molar-refractivity contribution is 7.99. The predicted octanol–water partition coefficient (Wildman–Crippen LogP) is 2.40. The molecule has 0 atom stereocenters. The number of rotatable bonds is 5. The van der Waals surface area contributed by atoms with Gasteiger partial charge in [0.2, 0.25) is 0 Å². The average Bonchev–Trinajstić information content (AvgIpc) is 2.22. The topological polar surface area (TPSA) is 21.3 Å². The molecular weight excluding hydrogens is 206 g/mol. The molecule has 1 aromatic rings. The highest BCUT2D eigenvalue weighted by atomic mass is 32.2. The van der Waals surface area contributed by atoms with Gasteiger partial charge in [0.1, 0.15) is 5.75 Å². The Morgan fingerprint density at radius 2 is 2.33 bits per heavy atom. The van der Waals surface area contributed by atoms with Crippen molar-refractivity contribution in [3.8, 4) is 5.75 Å². The van der Waals surface area contributed by atoms with Crippen molar-refractivity contribution < 1.29 is 4.74 Å². The molecule has 15 heavy (non-hydrogen) atoms. The third kappa shape index (κ3) is 3.14. The first-order valence-corrected chi connectivity index (χ1v) is 6.34. The number of ether oxygens (including phenoxy) is 1. The van der Waals surface area contributed by atoms with E-state index in [1.165, 1.54) is 30.2 Å². The molecule has 0 bridgehead atoms. The normalized spacial score (nSPS) is 16.1. The quantitative estimate of drug-likeness (QED) is 0.775. The van der Waals surface area contributed by atoms with Gasteiger partial charge in [0.25, 0.3) is 0 Å². The molecule has 2 nitrogen and oxygen atoms in total. The van der Waals surface area contributed by atoms with E-state index < -0.39 is 0 Å². The van der Waals surface area contributed by atoms with Gasteiger partial charge >= 0.3 is 0 Å². The van der Waals surface area contributed by atoms with Gasteiger partial charge in [-0.05, 0) is 49.4 Å². The Balaban J connectivity index is 1.76. The second-order valence-electron chi connectivity index (χ2n) is 3.84. The number of hydrogen-bond donors (Lipinski definition) is 1. The Morgan fingerprint density at radius 1 is 1.47 bits per heavy atom. The molecule has 2 rings (SSSR count). The van der Waals surface area contributed by atoms with Crippen LogP contribution in [-0.4, -0.2) is 26.0 Å². The van der Waals surface area contributed by atoms with Crippen molar-refractivity contribution in [1.82, 2.24) is 5.32 Å². The van der Waals surface area contributed by atoms with Gasteiger partial charge in [-0.15, -0.1) is 11.8 Å². The Kier molecular flexibility index (Phi) is 3.92. The first-order valence-electron chi connectivity index (χ1n) is 5.36. The van der Waals surface area contributed by atoms with Gasteiger partial charge in [0, 0.05) is 4.90 Å². The van der Waals surface area contributed by atoms with Crippen molar-refractivity contribution in [3.63, 3.8) is 0 Å². The van der Waals surface area contributed by atoms with Gasteiger partial charge < -0.3 is 10.1 Å².